The Labute approximate surface area is 128 Å². The van der Waals surface area contributed by atoms with Gasteiger partial charge in [-0.15, -0.1) is 0 Å². The largest absolute Gasteiger partial charge is 0.457 e. The van der Waals surface area contributed by atoms with E-state index in [1.807, 2.05) is 6.92 Å². The third-order valence-electron chi connectivity index (χ3n) is 2.97. The average Bonchev–Trinajstić information content (AvgIpc) is 2.42. The number of rotatable bonds is 3. The minimum absolute atomic E-state index is 0.0434. The molecule has 0 aliphatic heterocycles. The van der Waals surface area contributed by atoms with Gasteiger partial charge in [-0.25, -0.2) is 0 Å². The number of alkyl halides is 3. The second-order valence-corrected chi connectivity index (χ2v) is 5.39. The zero-order valence-corrected chi connectivity index (χ0v) is 12.8. The summed E-state index contributed by atoms with van der Waals surface area (Å²) in [5.74, 6) is 0.602. The maximum absolute atomic E-state index is 13.0. The van der Waals surface area contributed by atoms with Crippen LogP contribution in [0.4, 0.5) is 13.2 Å². The molecule has 0 atom stereocenters. The quantitative estimate of drug-likeness (QED) is 0.834. The van der Waals surface area contributed by atoms with Gasteiger partial charge < -0.3 is 10.5 Å². The fraction of sp³-hybridized carbons (Fsp3) is 0.200. The molecule has 2 rings (SSSR count). The highest BCUT2D eigenvalue weighted by molar-refractivity contribution is 9.10. The zero-order valence-electron chi connectivity index (χ0n) is 11.2. The lowest BCUT2D eigenvalue weighted by atomic mass is 10.1. The summed E-state index contributed by atoms with van der Waals surface area (Å²) in [6, 6.07) is 9.00. The van der Waals surface area contributed by atoms with Crippen LogP contribution in [0.1, 0.15) is 16.7 Å². The highest BCUT2D eigenvalue weighted by atomic mass is 79.9. The van der Waals surface area contributed by atoms with Crippen LogP contribution in [0.15, 0.2) is 40.9 Å². The second-order valence-electron chi connectivity index (χ2n) is 4.53. The number of halogens is 4. The monoisotopic (exact) mass is 359 g/mol. The van der Waals surface area contributed by atoms with Crippen LogP contribution in [0.3, 0.4) is 0 Å². The van der Waals surface area contributed by atoms with E-state index in [4.69, 9.17) is 10.5 Å². The Morgan fingerprint density at radius 1 is 1.10 bits per heavy atom. The van der Waals surface area contributed by atoms with E-state index in [1.54, 1.807) is 18.2 Å². The molecule has 6 heteroatoms. The first kappa shape index (κ1) is 15.9. The van der Waals surface area contributed by atoms with Crippen molar-refractivity contribution in [3.05, 3.63) is 57.6 Å². The summed E-state index contributed by atoms with van der Waals surface area (Å²) in [4.78, 5) is 0. The summed E-state index contributed by atoms with van der Waals surface area (Å²) in [5, 5.41) is 0. The maximum Gasteiger partial charge on any atom is 0.416 e. The van der Waals surface area contributed by atoms with Gasteiger partial charge in [0.15, 0.2) is 0 Å². The van der Waals surface area contributed by atoms with Crippen molar-refractivity contribution in [1.29, 1.82) is 0 Å². The number of benzene rings is 2. The number of nitrogens with two attached hydrogens (primary N) is 1. The highest BCUT2D eigenvalue weighted by Gasteiger charge is 2.33. The predicted molar refractivity (Wildman–Crippen MR) is 78.3 cm³/mol. The summed E-state index contributed by atoms with van der Waals surface area (Å²) >= 11 is 3.35. The molecule has 0 bridgehead atoms. The molecule has 2 nitrogen and oxygen atoms in total. The SMILES string of the molecule is Cc1cc(Oc2ccc(CN)c(C(F)(F)F)c2)ccc1Br. The van der Waals surface area contributed by atoms with Gasteiger partial charge in [-0.05, 0) is 48.4 Å². The van der Waals surface area contributed by atoms with Gasteiger partial charge in [-0.3, -0.25) is 0 Å². The van der Waals surface area contributed by atoms with Crippen LogP contribution in [0, 0.1) is 6.92 Å². The lowest BCUT2D eigenvalue weighted by molar-refractivity contribution is -0.138. The molecule has 2 aromatic rings. The third kappa shape index (κ3) is 3.77. The minimum Gasteiger partial charge on any atom is -0.457 e. The molecule has 0 radical (unpaired) electrons. The molecule has 0 fully saturated rings. The van der Waals surface area contributed by atoms with E-state index >= 15 is 0 Å². The van der Waals surface area contributed by atoms with Crippen LogP contribution in [0.25, 0.3) is 0 Å². The Morgan fingerprint density at radius 3 is 2.29 bits per heavy atom. The Balaban J connectivity index is 2.34. The Hall–Kier alpha value is -1.53. The Kier molecular flexibility index (Phi) is 4.58. The molecule has 0 aliphatic carbocycles. The normalized spacial score (nSPS) is 11.5. The Morgan fingerprint density at radius 2 is 1.71 bits per heavy atom. The topological polar surface area (TPSA) is 35.2 Å². The van der Waals surface area contributed by atoms with E-state index in [1.165, 1.54) is 12.1 Å². The molecule has 0 amide bonds. The fourth-order valence-electron chi connectivity index (χ4n) is 1.88. The molecular weight excluding hydrogens is 347 g/mol. The molecule has 21 heavy (non-hydrogen) atoms. The zero-order chi connectivity index (χ0) is 15.6. The molecule has 0 spiro atoms. The van der Waals surface area contributed by atoms with Gasteiger partial charge in [0.25, 0.3) is 0 Å². The standard InChI is InChI=1S/C15H13BrF3NO/c1-9-6-11(4-5-14(9)16)21-12-3-2-10(8-20)13(7-12)15(17,18)19/h2-7H,8,20H2,1H3. The predicted octanol–water partition coefficient (Wildman–Crippen LogP) is 5.03. The van der Waals surface area contributed by atoms with Crippen molar-refractivity contribution in [2.24, 2.45) is 5.73 Å². The van der Waals surface area contributed by atoms with E-state index in [0.29, 0.717) is 5.75 Å². The number of hydrogen-bond acceptors (Lipinski definition) is 2. The molecule has 0 aliphatic rings. The van der Waals surface area contributed by atoms with Crippen molar-refractivity contribution in [2.75, 3.05) is 0 Å². The van der Waals surface area contributed by atoms with Crippen molar-refractivity contribution in [2.45, 2.75) is 19.6 Å². The van der Waals surface area contributed by atoms with E-state index in [0.717, 1.165) is 16.1 Å². The first-order chi connectivity index (χ1) is 9.81. The van der Waals surface area contributed by atoms with Gasteiger partial charge in [0.2, 0.25) is 0 Å². The summed E-state index contributed by atoms with van der Waals surface area (Å²) in [6.45, 7) is 1.70. The number of aryl methyl sites for hydroxylation is 1. The highest BCUT2D eigenvalue weighted by Crippen LogP contribution is 2.35. The van der Waals surface area contributed by atoms with Crippen LogP contribution in [0.5, 0.6) is 11.5 Å². The van der Waals surface area contributed by atoms with Crippen molar-refractivity contribution < 1.29 is 17.9 Å². The van der Waals surface area contributed by atoms with Crippen molar-refractivity contribution in [3.63, 3.8) is 0 Å². The smallest absolute Gasteiger partial charge is 0.416 e. The molecule has 2 aromatic carbocycles. The van der Waals surface area contributed by atoms with Crippen molar-refractivity contribution >= 4 is 15.9 Å². The summed E-state index contributed by atoms with van der Waals surface area (Å²) in [5.41, 5.74) is 5.55. The fourth-order valence-corrected chi connectivity index (χ4v) is 2.12. The first-order valence-electron chi connectivity index (χ1n) is 6.15. The molecule has 0 unspecified atom stereocenters. The van der Waals surface area contributed by atoms with Gasteiger partial charge in [-0.2, -0.15) is 13.2 Å². The van der Waals surface area contributed by atoms with Gasteiger partial charge in [0.05, 0.1) is 5.56 Å². The van der Waals surface area contributed by atoms with Gasteiger partial charge >= 0.3 is 6.18 Å². The van der Waals surface area contributed by atoms with Crippen LogP contribution >= 0.6 is 15.9 Å². The van der Waals surface area contributed by atoms with E-state index in [9.17, 15) is 13.2 Å². The summed E-state index contributed by atoms with van der Waals surface area (Å²) in [6.07, 6.45) is -4.45. The first-order valence-corrected chi connectivity index (χ1v) is 6.95. The third-order valence-corrected chi connectivity index (χ3v) is 3.86. The summed E-state index contributed by atoms with van der Waals surface area (Å²) < 4.78 is 45.3. The molecule has 0 aromatic heterocycles. The van der Waals surface area contributed by atoms with Crippen LogP contribution in [0.2, 0.25) is 0 Å². The van der Waals surface area contributed by atoms with Gasteiger partial charge in [0.1, 0.15) is 11.5 Å². The van der Waals surface area contributed by atoms with E-state index in [2.05, 4.69) is 15.9 Å². The molecule has 0 heterocycles. The molecule has 0 saturated heterocycles. The molecule has 112 valence electrons. The van der Waals surface area contributed by atoms with Gasteiger partial charge in [-0.1, -0.05) is 22.0 Å². The number of ether oxygens (including phenoxy) is 1. The number of hydrogen-bond donors (Lipinski definition) is 1. The van der Waals surface area contributed by atoms with Crippen LogP contribution in [-0.2, 0) is 12.7 Å². The lowest BCUT2D eigenvalue weighted by Gasteiger charge is -2.14. The van der Waals surface area contributed by atoms with Crippen LogP contribution < -0.4 is 10.5 Å². The van der Waals surface area contributed by atoms with E-state index in [-0.39, 0.29) is 17.9 Å². The Bertz CT molecular complexity index is 656. The van der Waals surface area contributed by atoms with Gasteiger partial charge in [0, 0.05) is 11.0 Å². The van der Waals surface area contributed by atoms with Crippen molar-refractivity contribution in [1.82, 2.24) is 0 Å². The second kappa shape index (κ2) is 6.07. The molecular formula is C15H13BrF3NO. The average molecular weight is 360 g/mol. The van der Waals surface area contributed by atoms with E-state index < -0.39 is 11.7 Å². The maximum atomic E-state index is 13.0. The lowest BCUT2D eigenvalue weighted by Crippen LogP contribution is -2.12. The van der Waals surface area contributed by atoms with Crippen LogP contribution in [-0.4, -0.2) is 0 Å². The minimum atomic E-state index is -4.45. The molecule has 0 saturated carbocycles. The molecule has 2 N–H and O–H groups in total. The van der Waals surface area contributed by atoms with Crippen molar-refractivity contribution in [3.8, 4) is 11.5 Å². The summed E-state index contributed by atoms with van der Waals surface area (Å²) in [7, 11) is 0.